The van der Waals surface area contributed by atoms with Gasteiger partial charge in [-0.2, -0.15) is 0 Å². The van der Waals surface area contributed by atoms with Crippen LogP contribution in [-0.4, -0.2) is 54.2 Å². The first-order valence-electron chi connectivity index (χ1n) is 7.02. The number of esters is 1. The Balaban J connectivity index is 4.87. The summed E-state index contributed by atoms with van der Waals surface area (Å²) in [5, 5.41) is 11.4. The number of rotatable bonds is 8. The number of nitrogens with one attached hydrogen (secondary N) is 1. The minimum Gasteiger partial charge on any atom is -0.480 e. The van der Waals surface area contributed by atoms with Crippen LogP contribution in [-0.2, 0) is 14.3 Å². The number of amides is 2. The third-order valence-corrected chi connectivity index (χ3v) is 2.69. The van der Waals surface area contributed by atoms with Gasteiger partial charge in [-0.05, 0) is 18.3 Å². The van der Waals surface area contributed by atoms with Crippen LogP contribution in [0.25, 0.3) is 0 Å². The highest BCUT2D eigenvalue weighted by molar-refractivity contribution is 5.85. The van der Waals surface area contributed by atoms with Crippen LogP contribution in [0.1, 0.15) is 34.1 Å². The lowest BCUT2D eigenvalue weighted by atomic mass is 10.0. The van der Waals surface area contributed by atoms with Crippen molar-refractivity contribution in [2.45, 2.75) is 40.2 Å². The Morgan fingerprint density at radius 3 is 2.10 bits per heavy atom. The minimum absolute atomic E-state index is 0.122. The van der Waals surface area contributed by atoms with Gasteiger partial charge in [0.2, 0.25) is 0 Å². The van der Waals surface area contributed by atoms with Crippen LogP contribution in [0.3, 0.4) is 0 Å². The molecule has 122 valence electrons. The highest BCUT2D eigenvalue weighted by Gasteiger charge is 2.26. The Labute approximate surface area is 125 Å². The summed E-state index contributed by atoms with van der Waals surface area (Å²) in [6, 6.07) is -1.34. The largest absolute Gasteiger partial charge is 0.480 e. The molecule has 2 amide bonds. The van der Waals surface area contributed by atoms with Gasteiger partial charge in [0.25, 0.3) is 0 Å². The quantitative estimate of drug-likeness (QED) is 0.659. The molecule has 21 heavy (non-hydrogen) atoms. The predicted molar refractivity (Wildman–Crippen MR) is 77.8 cm³/mol. The molecule has 0 heterocycles. The molecule has 7 nitrogen and oxygen atoms in total. The smallest absolute Gasteiger partial charge is 0.328 e. The molecule has 0 aliphatic heterocycles. The second-order valence-corrected chi connectivity index (χ2v) is 5.82. The molecule has 0 aliphatic carbocycles. The molecule has 0 aromatic heterocycles. The Kier molecular flexibility index (Phi) is 8.42. The molecule has 0 aromatic rings. The Morgan fingerprint density at radius 2 is 1.71 bits per heavy atom. The highest BCUT2D eigenvalue weighted by atomic mass is 16.5. The van der Waals surface area contributed by atoms with Crippen LogP contribution in [0.4, 0.5) is 4.79 Å². The van der Waals surface area contributed by atoms with Crippen molar-refractivity contribution in [3.05, 3.63) is 0 Å². The summed E-state index contributed by atoms with van der Waals surface area (Å²) in [4.78, 5) is 35.9. The van der Waals surface area contributed by atoms with Gasteiger partial charge in [-0.15, -0.1) is 0 Å². The molecule has 1 unspecified atom stereocenters. The van der Waals surface area contributed by atoms with Crippen molar-refractivity contribution in [1.29, 1.82) is 0 Å². The van der Waals surface area contributed by atoms with Crippen molar-refractivity contribution in [3.8, 4) is 0 Å². The Morgan fingerprint density at radius 1 is 1.14 bits per heavy atom. The van der Waals surface area contributed by atoms with E-state index in [4.69, 9.17) is 5.11 Å². The van der Waals surface area contributed by atoms with Gasteiger partial charge in [0.15, 0.2) is 0 Å². The van der Waals surface area contributed by atoms with E-state index < -0.39 is 30.6 Å². The first kappa shape index (κ1) is 19.2. The number of carbonyl (C=O) groups is 3. The number of methoxy groups -OCH3 is 1. The number of ether oxygens (including phenoxy) is 1. The van der Waals surface area contributed by atoms with E-state index in [1.54, 1.807) is 0 Å². The lowest BCUT2D eigenvalue weighted by Gasteiger charge is -2.26. The van der Waals surface area contributed by atoms with Crippen LogP contribution in [0.5, 0.6) is 0 Å². The zero-order chi connectivity index (χ0) is 16.6. The van der Waals surface area contributed by atoms with E-state index in [-0.39, 0.29) is 11.8 Å². The minimum atomic E-state index is -1.09. The number of carboxylic acid groups (broad SMARTS) is 1. The van der Waals surface area contributed by atoms with Crippen molar-refractivity contribution in [3.63, 3.8) is 0 Å². The first-order chi connectivity index (χ1) is 9.67. The second-order valence-electron chi connectivity index (χ2n) is 5.82. The first-order valence-corrected chi connectivity index (χ1v) is 7.02. The van der Waals surface area contributed by atoms with E-state index in [0.717, 1.165) is 0 Å². The number of hydrogen-bond acceptors (Lipinski definition) is 4. The van der Waals surface area contributed by atoms with Gasteiger partial charge < -0.3 is 20.1 Å². The third-order valence-electron chi connectivity index (χ3n) is 2.69. The summed E-state index contributed by atoms with van der Waals surface area (Å²) < 4.78 is 4.67. The van der Waals surface area contributed by atoms with Crippen LogP contribution < -0.4 is 5.32 Å². The fourth-order valence-corrected chi connectivity index (χ4v) is 1.89. The zero-order valence-corrected chi connectivity index (χ0v) is 13.4. The summed E-state index contributed by atoms with van der Waals surface area (Å²) in [5.74, 6) is -1.31. The molecule has 0 spiro atoms. The van der Waals surface area contributed by atoms with Gasteiger partial charge >= 0.3 is 18.0 Å². The van der Waals surface area contributed by atoms with E-state index in [2.05, 4.69) is 10.1 Å². The molecule has 0 bridgehead atoms. The van der Waals surface area contributed by atoms with Crippen LogP contribution in [0.15, 0.2) is 0 Å². The average molecular weight is 302 g/mol. The van der Waals surface area contributed by atoms with E-state index >= 15 is 0 Å². The van der Waals surface area contributed by atoms with Crippen molar-refractivity contribution in [1.82, 2.24) is 10.2 Å². The monoisotopic (exact) mass is 302 g/mol. The molecule has 0 aromatic carbocycles. The fourth-order valence-electron chi connectivity index (χ4n) is 1.89. The van der Waals surface area contributed by atoms with Crippen molar-refractivity contribution in [2.24, 2.45) is 11.8 Å². The zero-order valence-electron chi connectivity index (χ0n) is 13.4. The van der Waals surface area contributed by atoms with Gasteiger partial charge in [-0.25, -0.2) is 9.59 Å². The van der Waals surface area contributed by atoms with Crippen LogP contribution in [0, 0.1) is 11.8 Å². The standard InChI is InChI=1S/C14H26N2O5/c1-9(2)6-11(13(19)21-5)15-14(20)16(7-10(3)4)8-12(17)18/h9-11H,6-8H2,1-5H3,(H,15,20)(H,17,18). The number of carboxylic acids is 1. The molecule has 7 heteroatoms. The number of urea groups is 1. The molecule has 0 rings (SSSR count). The SMILES string of the molecule is COC(=O)C(CC(C)C)NC(=O)N(CC(=O)O)CC(C)C. The van der Waals surface area contributed by atoms with Crippen molar-refractivity contribution in [2.75, 3.05) is 20.2 Å². The second kappa shape index (κ2) is 9.20. The molecule has 1 atom stereocenters. The summed E-state index contributed by atoms with van der Waals surface area (Å²) in [5.41, 5.74) is 0. The molecule has 0 saturated heterocycles. The highest BCUT2D eigenvalue weighted by Crippen LogP contribution is 2.08. The molecule has 0 aliphatic rings. The van der Waals surface area contributed by atoms with Crippen LogP contribution in [0.2, 0.25) is 0 Å². The Bertz CT molecular complexity index is 368. The summed E-state index contributed by atoms with van der Waals surface area (Å²) in [7, 11) is 1.25. The topological polar surface area (TPSA) is 95.9 Å². The predicted octanol–water partition coefficient (Wildman–Crippen LogP) is 1.33. The molecule has 0 saturated carbocycles. The van der Waals surface area contributed by atoms with Gasteiger partial charge in [-0.1, -0.05) is 27.7 Å². The lowest BCUT2D eigenvalue weighted by molar-refractivity contribution is -0.143. The third kappa shape index (κ3) is 8.16. The van der Waals surface area contributed by atoms with Gasteiger partial charge in [0.1, 0.15) is 12.6 Å². The maximum atomic E-state index is 12.2. The summed E-state index contributed by atoms with van der Waals surface area (Å²) in [6.07, 6.45) is 0.432. The van der Waals surface area contributed by atoms with E-state index in [9.17, 15) is 14.4 Å². The molecular formula is C14H26N2O5. The number of aliphatic carboxylic acids is 1. The lowest BCUT2D eigenvalue weighted by Crippen LogP contribution is -2.50. The maximum Gasteiger partial charge on any atom is 0.328 e. The van der Waals surface area contributed by atoms with Crippen molar-refractivity contribution < 1.29 is 24.2 Å². The maximum absolute atomic E-state index is 12.2. The van der Waals surface area contributed by atoms with E-state index in [1.807, 2.05) is 27.7 Å². The van der Waals surface area contributed by atoms with Crippen LogP contribution >= 0.6 is 0 Å². The average Bonchev–Trinajstić information content (AvgIpc) is 2.34. The van der Waals surface area contributed by atoms with Gasteiger partial charge in [0, 0.05) is 6.54 Å². The molecule has 2 N–H and O–H groups in total. The molecule has 0 fully saturated rings. The molecular weight excluding hydrogens is 276 g/mol. The number of nitrogens with zero attached hydrogens (tertiary/aromatic N) is 1. The van der Waals surface area contributed by atoms with E-state index in [1.165, 1.54) is 12.0 Å². The summed E-state index contributed by atoms with van der Waals surface area (Å²) >= 11 is 0. The molecule has 0 radical (unpaired) electrons. The number of carbonyl (C=O) groups excluding carboxylic acids is 2. The van der Waals surface area contributed by atoms with Gasteiger partial charge in [-0.3, -0.25) is 4.79 Å². The number of hydrogen-bond donors (Lipinski definition) is 2. The Hall–Kier alpha value is -1.79. The fraction of sp³-hybridized carbons (Fsp3) is 0.786. The van der Waals surface area contributed by atoms with Gasteiger partial charge in [0.05, 0.1) is 7.11 Å². The summed E-state index contributed by atoms with van der Waals surface area (Å²) in [6.45, 7) is 7.51. The van der Waals surface area contributed by atoms with Crippen molar-refractivity contribution >= 4 is 18.0 Å². The van der Waals surface area contributed by atoms with E-state index in [0.29, 0.717) is 13.0 Å². The normalized spacial score (nSPS) is 12.1.